The van der Waals surface area contributed by atoms with Gasteiger partial charge in [-0.1, -0.05) is 12.2 Å². The van der Waals surface area contributed by atoms with Crippen LogP contribution in [0, 0.1) is 0 Å². The van der Waals surface area contributed by atoms with Gasteiger partial charge in [-0.2, -0.15) is 11.3 Å². The zero-order valence-electron chi connectivity index (χ0n) is 11.1. The predicted octanol–water partition coefficient (Wildman–Crippen LogP) is 2.76. The van der Waals surface area contributed by atoms with E-state index in [9.17, 15) is 10.2 Å². The summed E-state index contributed by atoms with van der Waals surface area (Å²) in [5.74, 6) is 1.26. The van der Waals surface area contributed by atoms with Crippen molar-refractivity contribution in [3.8, 4) is 0 Å². The van der Waals surface area contributed by atoms with Gasteiger partial charge < -0.3 is 15.5 Å². The van der Waals surface area contributed by atoms with E-state index in [4.69, 9.17) is 17.0 Å². The fourth-order valence-corrected chi connectivity index (χ4v) is 3.17. The molecule has 0 radical (unpaired) electrons. The van der Waals surface area contributed by atoms with Crippen molar-refractivity contribution in [2.75, 3.05) is 6.61 Å². The largest absolute Gasteiger partial charge is 0.763 e. The van der Waals surface area contributed by atoms with Crippen molar-refractivity contribution in [2.45, 2.75) is 19.8 Å². The van der Waals surface area contributed by atoms with Gasteiger partial charge in [0.25, 0.3) is 0 Å². The Bertz CT molecular complexity index is 626. The van der Waals surface area contributed by atoms with Gasteiger partial charge in [0, 0.05) is 11.3 Å². The average Bonchev–Trinajstić information content (AvgIpc) is 2.91. The number of nitrogens with zero attached hydrogens (tertiary/aromatic N) is 1. The summed E-state index contributed by atoms with van der Waals surface area (Å²) in [6.45, 7) is 3.81. The van der Waals surface area contributed by atoms with Gasteiger partial charge in [0.15, 0.2) is 0 Å². The molecule has 104 valence electrons. The van der Waals surface area contributed by atoms with Crippen molar-refractivity contribution in [1.82, 2.24) is 5.32 Å². The third kappa shape index (κ3) is 2.58. The lowest BCUT2D eigenvalue weighted by Gasteiger charge is -2.29. The van der Waals surface area contributed by atoms with Crippen LogP contribution in [-0.4, -0.2) is 23.4 Å². The molecule has 0 saturated heterocycles. The van der Waals surface area contributed by atoms with Crippen LogP contribution in [0.25, 0.3) is 5.41 Å². The second-order valence-corrected chi connectivity index (χ2v) is 5.42. The number of thiophene rings is 1. The molecule has 0 aliphatic carbocycles. The number of carbonyl (C=O) groups excluding carboxylic acids is 1. The lowest BCUT2D eigenvalue weighted by atomic mass is 9.83. The van der Waals surface area contributed by atoms with Gasteiger partial charge in [-0.15, -0.1) is 0 Å². The maximum atomic E-state index is 12.2. The fourth-order valence-electron chi connectivity index (χ4n) is 2.16. The molecule has 2 heterocycles. The number of nitrogens with one attached hydrogen (secondary N) is 1. The molecule has 1 atom stereocenters. The Morgan fingerprint density at radius 3 is 2.95 bits per heavy atom. The zero-order valence-corrected chi connectivity index (χ0v) is 12.7. The molecule has 1 unspecified atom stereocenters. The molecular formula is C14H13N2O2S2-. The first-order valence-corrected chi connectivity index (χ1v) is 7.43. The highest BCUT2D eigenvalue weighted by molar-refractivity contribution is 7.80. The molecule has 0 aromatic carbocycles. The Labute approximate surface area is 126 Å². The van der Waals surface area contributed by atoms with E-state index in [-0.39, 0.29) is 6.61 Å². The van der Waals surface area contributed by atoms with Gasteiger partial charge in [0.1, 0.15) is 4.99 Å². The Morgan fingerprint density at radius 1 is 1.65 bits per heavy atom. The van der Waals surface area contributed by atoms with E-state index in [0.717, 1.165) is 5.56 Å². The Morgan fingerprint density at radius 2 is 2.40 bits per heavy atom. The molecule has 20 heavy (non-hydrogen) atoms. The molecule has 1 aromatic heterocycles. The predicted molar refractivity (Wildman–Crippen MR) is 84.0 cm³/mol. The second kappa shape index (κ2) is 6.13. The molecule has 2 rings (SSSR count). The van der Waals surface area contributed by atoms with Gasteiger partial charge in [-0.05, 0) is 36.2 Å². The Balaban J connectivity index is 2.59. The lowest BCUT2D eigenvalue weighted by Crippen LogP contribution is -2.35. The summed E-state index contributed by atoms with van der Waals surface area (Å²) < 4.78 is 5.11. The summed E-state index contributed by atoms with van der Waals surface area (Å²) in [5, 5.41) is 16.1. The van der Waals surface area contributed by atoms with Gasteiger partial charge in [-0.25, -0.2) is 4.79 Å². The third-order valence-corrected chi connectivity index (χ3v) is 4.04. The smallest absolute Gasteiger partial charge is 0.336 e. The molecule has 1 aromatic rings. The molecule has 6 heteroatoms. The molecule has 0 amide bonds. The lowest BCUT2D eigenvalue weighted by molar-refractivity contribution is -0.138. The number of hydrogen-bond donors (Lipinski definition) is 1. The summed E-state index contributed by atoms with van der Waals surface area (Å²) >= 11 is 6.72. The van der Waals surface area contributed by atoms with Crippen LogP contribution in [0.5, 0.6) is 0 Å². The standard InChI is InChI=1S/C14H13N2O2S2/c1-3-18-14(17)11-8(2)16-13(19)10(6-15)12(11)9-4-5-20-7-9/h4-5,7,12H,3H2,1-2H3,(H,16,19)/q-1. The van der Waals surface area contributed by atoms with Crippen LogP contribution in [0.15, 0.2) is 33.7 Å². The van der Waals surface area contributed by atoms with E-state index >= 15 is 0 Å². The SMILES string of the molecule is CCOC(=O)C1=C(C)NC(=S)C(=C=[N-])C1c1ccsc1. The molecule has 0 bridgehead atoms. The second-order valence-electron chi connectivity index (χ2n) is 4.23. The van der Waals surface area contributed by atoms with Crippen LogP contribution in [0.2, 0.25) is 0 Å². The monoisotopic (exact) mass is 305 g/mol. The van der Waals surface area contributed by atoms with Crippen LogP contribution < -0.4 is 5.32 Å². The molecule has 0 fully saturated rings. The summed E-state index contributed by atoms with van der Waals surface area (Å²) in [6, 6.07) is 1.90. The van der Waals surface area contributed by atoms with E-state index < -0.39 is 11.9 Å². The van der Waals surface area contributed by atoms with Crippen LogP contribution in [0.4, 0.5) is 0 Å². The zero-order chi connectivity index (χ0) is 14.7. The van der Waals surface area contributed by atoms with E-state index in [1.54, 1.807) is 13.8 Å². The number of allylic oxidation sites excluding steroid dienone is 1. The molecular weight excluding hydrogens is 292 g/mol. The van der Waals surface area contributed by atoms with Crippen molar-refractivity contribution in [2.24, 2.45) is 0 Å². The molecule has 4 nitrogen and oxygen atoms in total. The van der Waals surface area contributed by atoms with Crippen LogP contribution in [0.1, 0.15) is 25.3 Å². The highest BCUT2D eigenvalue weighted by atomic mass is 32.1. The van der Waals surface area contributed by atoms with Gasteiger partial charge in [-0.3, -0.25) is 5.87 Å². The highest BCUT2D eigenvalue weighted by Gasteiger charge is 2.34. The Kier molecular flexibility index (Phi) is 4.49. The van der Waals surface area contributed by atoms with E-state index in [1.807, 2.05) is 16.8 Å². The molecule has 0 saturated carbocycles. The minimum absolute atomic E-state index is 0.290. The molecule has 0 spiro atoms. The highest BCUT2D eigenvalue weighted by Crippen LogP contribution is 2.37. The quantitative estimate of drug-likeness (QED) is 0.404. The first kappa shape index (κ1) is 14.7. The normalized spacial score (nSPS) is 18.6. The third-order valence-electron chi connectivity index (χ3n) is 3.02. The molecule has 1 aliphatic rings. The maximum Gasteiger partial charge on any atom is 0.336 e. The van der Waals surface area contributed by atoms with E-state index in [0.29, 0.717) is 21.8 Å². The van der Waals surface area contributed by atoms with Crippen LogP contribution in [0.3, 0.4) is 0 Å². The summed E-state index contributed by atoms with van der Waals surface area (Å²) in [7, 11) is 0. The molecule has 1 N–H and O–H groups in total. The van der Waals surface area contributed by atoms with Gasteiger partial charge in [0.05, 0.1) is 18.1 Å². The topological polar surface area (TPSA) is 60.6 Å². The minimum atomic E-state index is -0.445. The van der Waals surface area contributed by atoms with E-state index in [2.05, 4.69) is 11.2 Å². The number of esters is 1. The first-order valence-electron chi connectivity index (χ1n) is 6.08. The number of hydrogen-bond acceptors (Lipinski definition) is 4. The Hall–Kier alpha value is -1.75. The number of thiocarbonyl (C=S) groups is 1. The van der Waals surface area contributed by atoms with Crippen molar-refractivity contribution < 1.29 is 9.53 Å². The maximum absolute atomic E-state index is 12.2. The van der Waals surface area contributed by atoms with Crippen LogP contribution >= 0.6 is 23.6 Å². The fraction of sp³-hybridized carbons (Fsp3) is 0.286. The number of rotatable bonds is 3. The average molecular weight is 305 g/mol. The molecule has 1 aliphatic heterocycles. The van der Waals surface area contributed by atoms with Crippen LogP contribution in [-0.2, 0) is 9.53 Å². The summed E-state index contributed by atoms with van der Waals surface area (Å²) in [4.78, 5) is 12.6. The van der Waals surface area contributed by atoms with Crippen molar-refractivity contribution >= 4 is 40.4 Å². The summed E-state index contributed by atoms with van der Waals surface area (Å²) in [6.07, 6.45) is 0. The number of ether oxygens (including phenoxy) is 1. The van der Waals surface area contributed by atoms with Crippen molar-refractivity contribution in [3.05, 3.63) is 44.6 Å². The number of carbonyl (C=O) groups is 1. The summed E-state index contributed by atoms with van der Waals surface area (Å²) in [5.41, 5.74) is 2.36. The minimum Gasteiger partial charge on any atom is -0.763 e. The van der Waals surface area contributed by atoms with E-state index in [1.165, 1.54) is 11.3 Å². The van der Waals surface area contributed by atoms with Gasteiger partial charge >= 0.3 is 5.97 Å². The van der Waals surface area contributed by atoms with Crippen molar-refractivity contribution in [3.63, 3.8) is 0 Å². The van der Waals surface area contributed by atoms with Crippen molar-refractivity contribution in [1.29, 1.82) is 0 Å². The first-order chi connectivity index (χ1) is 9.60. The van der Waals surface area contributed by atoms with Gasteiger partial charge in [0.2, 0.25) is 0 Å².